The van der Waals surface area contributed by atoms with Crippen molar-refractivity contribution in [3.63, 3.8) is 0 Å². The molecule has 1 heterocycles. The Balaban J connectivity index is 2.38. The van der Waals surface area contributed by atoms with Gasteiger partial charge in [0.15, 0.2) is 0 Å². The van der Waals surface area contributed by atoms with Gasteiger partial charge in [0.2, 0.25) is 0 Å². The predicted molar refractivity (Wildman–Crippen MR) is 81.2 cm³/mol. The number of halogens is 1. The van der Waals surface area contributed by atoms with Crippen LogP contribution < -0.4 is 9.80 Å². The fourth-order valence-corrected chi connectivity index (χ4v) is 3.40. The molecule has 5 heteroatoms. The lowest BCUT2D eigenvalue weighted by Crippen LogP contribution is -2.26. The summed E-state index contributed by atoms with van der Waals surface area (Å²) >= 11 is 3.63. The molecular formula is C14H19BrN2O2. The van der Waals surface area contributed by atoms with Gasteiger partial charge in [-0.05, 0) is 47.0 Å². The van der Waals surface area contributed by atoms with Crippen LogP contribution in [0.5, 0.6) is 0 Å². The van der Waals surface area contributed by atoms with Crippen molar-refractivity contribution in [2.24, 2.45) is 0 Å². The second kappa shape index (κ2) is 5.82. The Morgan fingerprint density at radius 2 is 2.16 bits per heavy atom. The van der Waals surface area contributed by atoms with E-state index in [1.54, 1.807) is 0 Å². The zero-order valence-electron chi connectivity index (χ0n) is 11.3. The molecule has 4 nitrogen and oxygen atoms in total. The molecule has 1 aliphatic heterocycles. The summed E-state index contributed by atoms with van der Waals surface area (Å²) in [6.45, 7) is 4.51. The third kappa shape index (κ3) is 3.21. The number of carboxylic acid groups (broad SMARTS) is 1. The monoisotopic (exact) mass is 326 g/mol. The molecule has 104 valence electrons. The molecule has 1 aliphatic rings. The highest BCUT2D eigenvalue weighted by molar-refractivity contribution is 9.10. The Bertz CT molecular complexity index is 491. The molecule has 0 amide bonds. The number of carboxylic acids is 1. The van der Waals surface area contributed by atoms with Crippen LogP contribution in [0.2, 0.25) is 0 Å². The quantitative estimate of drug-likeness (QED) is 0.927. The molecule has 0 fully saturated rings. The van der Waals surface area contributed by atoms with Crippen LogP contribution in [0.3, 0.4) is 0 Å². The molecule has 1 aromatic carbocycles. The summed E-state index contributed by atoms with van der Waals surface area (Å²) in [5.74, 6) is -0.745. The summed E-state index contributed by atoms with van der Waals surface area (Å²) in [5.41, 5.74) is 3.47. The van der Waals surface area contributed by atoms with E-state index >= 15 is 0 Å². The van der Waals surface area contributed by atoms with Crippen LogP contribution in [0.1, 0.15) is 18.4 Å². The second-order valence-electron chi connectivity index (χ2n) is 5.02. The van der Waals surface area contributed by atoms with E-state index in [1.165, 1.54) is 5.56 Å². The van der Waals surface area contributed by atoms with Crippen molar-refractivity contribution >= 4 is 33.3 Å². The molecule has 19 heavy (non-hydrogen) atoms. The third-order valence-electron chi connectivity index (χ3n) is 3.43. The van der Waals surface area contributed by atoms with Gasteiger partial charge < -0.3 is 14.9 Å². The number of carbonyl (C=O) groups is 1. The first-order chi connectivity index (χ1) is 8.99. The molecule has 1 aromatic rings. The SMILES string of the molecule is Cc1cc(Br)c2c(c1)N(CCC(=O)O)CCCN2C. The molecule has 0 saturated heterocycles. The van der Waals surface area contributed by atoms with E-state index in [-0.39, 0.29) is 6.42 Å². The largest absolute Gasteiger partial charge is 0.481 e. The van der Waals surface area contributed by atoms with E-state index in [2.05, 4.69) is 51.8 Å². The lowest BCUT2D eigenvalue weighted by molar-refractivity contribution is -0.136. The summed E-state index contributed by atoms with van der Waals surface area (Å²) < 4.78 is 1.08. The minimum atomic E-state index is -0.745. The zero-order valence-corrected chi connectivity index (χ0v) is 12.9. The van der Waals surface area contributed by atoms with E-state index in [9.17, 15) is 4.79 Å². The average molecular weight is 327 g/mol. The van der Waals surface area contributed by atoms with Crippen LogP contribution in [-0.4, -0.2) is 37.8 Å². The summed E-state index contributed by atoms with van der Waals surface area (Å²) in [6, 6.07) is 4.25. The van der Waals surface area contributed by atoms with E-state index < -0.39 is 5.97 Å². The van der Waals surface area contributed by atoms with Gasteiger partial charge in [-0.1, -0.05) is 0 Å². The number of nitrogens with zero attached hydrogens (tertiary/aromatic N) is 2. The smallest absolute Gasteiger partial charge is 0.305 e. The van der Waals surface area contributed by atoms with Crippen molar-refractivity contribution in [3.05, 3.63) is 22.2 Å². The Kier molecular flexibility index (Phi) is 4.34. The number of hydrogen-bond donors (Lipinski definition) is 1. The topological polar surface area (TPSA) is 43.8 Å². The van der Waals surface area contributed by atoms with E-state index in [1.807, 2.05) is 0 Å². The minimum Gasteiger partial charge on any atom is -0.481 e. The van der Waals surface area contributed by atoms with Crippen LogP contribution in [0.4, 0.5) is 11.4 Å². The van der Waals surface area contributed by atoms with Gasteiger partial charge in [0.05, 0.1) is 17.8 Å². The first-order valence-corrected chi connectivity index (χ1v) is 7.26. The number of rotatable bonds is 3. The highest BCUT2D eigenvalue weighted by Gasteiger charge is 2.21. The minimum absolute atomic E-state index is 0.175. The van der Waals surface area contributed by atoms with E-state index in [0.717, 1.165) is 35.4 Å². The van der Waals surface area contributed by atoms with Gasteiger partial charge in [0.1, 0.15) is 0 Å². The van der Waals surface area contributed by atoms with E-state index in [4.69, 9.17) is 5.11 Å². The Hall–Kier alpha value is -1.23. The third-order valence-corrected chi connectivity index (χ3v) is 4.03. The Morgan fingerprint density at radius 3 is 2.84 bits per heavy atom. The van der Waals surface area contributed by atoms with Gasteiger partial charge in [0.25, 0.3) is 0 Å². The number of benzene rings is 1. The summed E-state index contributed by atoms with van der Waals surface area (Å²) in [7, 11) is 2.08. The molecule has 0 aliphatic carbocycles. The first-order valence-electron chi connectivity index (χ1n) is 6.47. The molecule has 1 N–H and O–H groups in total. The van der Waals surface area contributed by atoms with Crippen LogP contribution in [0.15, 0.2) is 16.6 Å². The normalized spacial score (nSPS) is 15.1. The van der Waals surface area contributed by atoms with Crippen molar-refractivity contribution in [3.8, 4) is 0 Å². The van der Waals surface area contributed by atoms with Gasteiger partial charge in [-0.3, -0.25) is 4.79 Å². The van der Waals surface area contributed by atoms with Gasteiger partial charge in [-0.25, -0.2) is 0 Å². The van der Waals surface area contributed by atoms with Crippen LogP contribution in [-0.2, 0) is 4.79 Å². The summed E-state index contributed by atoms with van der Waals surface area (Å²) in [6.07, 6.45) is 1.21. The molecule has 0 radical (unpaired) electrons. The van der Waals surface area contributed by atoms with Crippen LogP contribution >= 0.6 is 15.9 Å². The standard InChI is InChI=1S/C14H19BrN2O2/c1-10-8-11(15)14-12(9-10)17(7-4-13(18)19)6-3-5-16(14)2/h8-9H,3-7H2,1-2H3,(H,18,19). The summed E-state index contributed by atoms with van der Waals surface area (Å²) in [4.78, 5) is 15.2. The van der Waals surface area contributed by atoms with Crippen molar-refractivity contribution in [1.29, 1.82) is 0 Å². The average Bonchev–Trinajstić information content (AvgIpc) is 2.46. The number of anilines is 2. The maximum Gasteiger partial charge on any atom is 0.305 e. The highest BCUT2D eigenvalue weighted by atomic mass is 79.9. The molecule has 0 unspecified atom stereocenters. The maximum atomic E-state index is 10.8. The number of aryl methyl sites for hydroxylation is 1. The molecule has 0 saturated carbocycles. The molecule has 2 rings (SSSR count). The number of aliphatic carboxylic acids is 1. The molecule has 0 spiro atoms. The van der Waals surface area contributed by atoms with Gasteiger partial charge in [-0.15, -0.1) is 0 Å². The number of fused-ring (bicyclic) bond motifs is 1. The maximum absolute atomic E-state index is 10.8. The predicted octanol–water partition coefficient (Wildman–Crippen LogP) is 2.88. The Labute approximate surface area is 122 Å². The van der Waals surface area contributed by atoms with Gasteiger partial charge in [0, 0.05) is 31.2 Å². The highest BCUT2D eigenvalue weighted by Crippen LogP contribution is 2.39. The van der Waals surface area contributed by atoms with Gasteiger partial charge in [-0.2, -0.15) is 0 Å². The molecule has 0 atom stereocenters. The van der Waals surface area contributed by atoms with Gasteiger partial charge >= 0.3 is 5.97 Å². The number of hydrogen-bond acceptors (Lipinski definition) is 3. The molecular weight excluding hydrogens is 308 g/mol. The summed E-state index contributed by atoms with van der Waals surface area (Å²) in [5, 5.41) is 8.88. The van der Waals surface area contributed by atoms with Crippen LogP contribution in [0.25, 0.3) is 0 Å². The van der Waals surface area contributed by atoms with E-state index in [0.29, 0.717) is 6.54 Å². The second-order valence-corrected chi connectivity index (χ2v) is 5.87. The molecule has 0 aromatic heterocycles. The fourth-order valence-electron chi connectivity index (χ4n) is 2.53. The van der Waals surface area contributed by atoms with Crippen molar-refractivity contribution in [2.45, 2.75) is 19.8 Å². The first kappa shape index (κ1) is 14.2. The lowest BCUT2D eigenvalue weighted by atomic mass is 10.1. The fraction of sp³-hybridized carbons (Fsp3) is 0.500. The molecule has 0 bridgehead atoms. The van der Waals surface area contributed by atoms with Crippen molar-refractivity contribution in [2.75, 3.05) is 36.5 Å². The van der Waals surface area contributed by atoms with Crippen LogP contribution in [0, 0.1) is 6.92 Å². The lowest BCUT2D eigenvalue weighted by Gasteiger charge is -2.27. The van der Waals surface area contributed by atoms with Crippen molar-refractivity contribution < 1.29 is 9.90 Å². The Morgan fingerprint density at radius 1 is 1.42 bits per heavy atom. The van der Waals surface area contributed by atoms with Crippen molar-refractivity contribution in [1.82, 2.24) is 0 Å². The zero-order chi connectivity index (χ0) is 14.0.